The summed E-state index contributed by atoms with van der Waals surface area (Å²) in [6, 6.07) is -0.102. The zero-order valence-corrected chi connectivity index (χ0v) is 8.54. The van der Waals surface area contributed by atoms with Crippen LogP contribution in [0.2, 0.25) is 0 Å². The van der Waals surface area contributed by atoms with Crippen molar-refractivity contribution in [2.45, 2.75) is 6.04 Å². The van der Waals surface area contributed by atoms with E-state index >= 15 is 0 Å². The lowest BCUT2D eigenvalue weighted by Crippen LogP contribution is -2.38. The first kappa shape index (κ1) is 12.2. The summed E-state index contributed by atoms with van der Waals surface area (Å²) in [6.45, 7) is 12.3. The smallest absolute Gasteiger partial charge is 0.0879 e. The van der Waals surface area contributed by atoms with E-state index in [1.165, 1.54) is 0 Å². The number of thiocarbonyl (C=S) groups is 1. The van der Waals surface area contributed by atoms with Gasteiger partial charge in [0, 0.05) is 18.5 Å². The average molecular weight is 195 g/mol. The van der Waals surface area contributed by atoms with Gasteiger partial charge in [0.1, 0.15) is 0 Å². The summed E-state index contributed by atoms with van der Waals surface area (Å²) < 4.78 is 0. The minimum absolute atomic E-state index is 0.102. The Bertz CT molecular complexity index is 171. The molecule has 0 fully saturated rings. The topological polar surface area (TPSA) is 17.3 Å². The van der Waals surface area contributed by atoms with E-state index < -0.39 is 0 Å². The Labute approximate surface area is 85.6 Å². The summed E-state index contributed by atoms with van der Waals surface area (Å²) in [4.78, 5) is 0. The van der Waals surface area contributed by atoms with Crippen molar-refractivity contribution in [1.29, 1.82) is 0 Å². The van der Waals surface area contributed by atoms with Crippen LogP contribution in [0, 0.1) is 0 Å². The standard InChI is InChI=1S/C10H15N2S/c1-4-7-12(8-5-2)11-10(6-3)9-13/h4-6,9-10H,1-3,7-8H2. The second-order valence-corrected chi connectivity index (χ2v) is 2.70. The van der Waals surface area contributed by atoms with Crippen molar-refractivity contribution in [3.05, 3.63) is 38.0 Å². The van der Waals surface area contributed by atoms with Crippen LogP contribution in [0.3, 0.4) is 0 Å². The molecule has 3 heteroatoms. The summed E-state index contributed by atoms with van der Waals surface area (Å²) in [5, 5.41) is 3.42. The van der Waals surface area contributed by atoms with E-state index in [2.05, 4.69) is 25.2 Å². The average Bonchev–Trinajstić information content (AvgIpc) is 2.14. The lowest BCUT2D eigenvalue weighted by atomic mass is 10.3. The lowest BCUT2D eigenvalue weighted by Gasteiger charge is -2.20. The van der Waals surface area contributed by atoms with E-state index in [0.717, 1.165) is 0 Å². The van der Waals surface area contributed by atoms with E-state index in [9.17, 15) is 0 Å². The molecule has 0 aromatic heterocycles. The molecule has 0 rings (SSSR count). The molecular formula is C10H15N2S. The molecule has 1 atom stereocenters. The molecule has 1 radical (unpaired) electrons. The number of rotatable bonds is 8. The molecule has 0 aliphatic rings. The Hall–Kier alpha value is -0.770. The van der Waals surface area contributed by atoms with Gasteiger partial charge >= 0.3 is 0 Å². The lowest BCUT2D eigenvalue weighted by molar-refractivity contribution is 0.224. The van der Waals surface area contributed by atoms with Crippen molar-refractivity contribution < 1.29 is 0 Å². The number of nitrogens with zero attached hydrogens (tertiary/aromatic N) is 2. The molecule has 0 aromatic carbocycles. The normalized spacial score (nSPS) is 12.1. The second kappa shape index (κ2) is 7.86. The van der Waals surface area contributed by atoms with Gasteiger partial charge in [-0.25, -0.2) is 5.01 Å². The molecule has 0 bridgehead atoms. The quantitative estimate of drug-likeness (QED) is 0.333. The van der Waals surface area contributed by atoms with Crippen molar-refractivity contribution in [1.82, 2.24) is 10.4 Å². The Morgan fingerprint density at radius 1 is 1.23 bits per heavy atom. The summed E-state index contributed by atoms with van der Waals surface area (Å²) in [6.07, 6.45) is 5.28. The van der Waals surface area contributed by atoms with Gasteiger partial charge in [-0.15, -0.1) is 25.2 Å². The van der Waals surface area contributed by atoms with Crippen LogP contribution in [0.25, 0.3) is 0 Å². The van der Waals surface area contributed by atoms with Crippen molar-refractivity contribution in [3.63, 3.8) is 0 Å². The van der Waals surface area contributed by atoms with E-state index in [1.54, 1.807) is 23.6 Å². The minimum atomic E-state index is -0.102. The van der Waals surface area contributed by atoms with Crippen LogP contribution in [-0.4, -0.2) is 29.5 Å². The Kier molecular flexibility index (Phi) is 7.39. The molecule has 0 saturated carbocycles. The summed E-state index contributed by atoms with van der Waals surface area (Å²) >= 11 is 4.79. The zero-order chi connectivity index (χ0) is 10.1. The van der Waals surface area contributed by atoms with Gasteiger partial charge in [-0.2, -0.15) is 0 Å². The first-order valence-corrected chi connectivity index (χ1v) is 4.51. The monoisotopic (exact) mass is 195 g/mol. The largest absolute Gasteiger partial charge is 0.218 e. The van der Waals surface area contributed by atoms with E-state index in [0.29, 0.717) is 13.1 Å². The molecule has 0 spiro atoms. The van der Waals surface area contributed by atoms with Crippen LogP contribution in [0.15, 0.2) is 38.0 Å². The molecule has 0 N–H and O–H groups in total. The van der Waals surface area contributed by atoms with Crippen LogP contribution in [0.4, 0.5) is 0 Å². The maximum atomic E-state index is 4.79. The molecule has 13 heavy (non-hydrogen) atoms. The highest BCUT2D eigenvalue weighted by Gasteiger charge is 2.06. The first-order chi connectivity index (χ1) is 6.28. The van der Waals surface area contributed by atoms with Gasteiger partial charge in [0.25, 0.3) is 0 Å². The van der Waals surface area contributed by atoms with Gasteiger partial charge in [-0.3, -0.25) is 0 Å². The van der Waals surface area contributed by atoms with Gasteiger partial charge < -0.3 is 0 Å². The number of hydrogen-bond acceptors (Lipinski definition) is 2. The highest BCUT2D eigenvalue weighted by molar-refractivity contribution is 7.79. The Balaban J connectivity index is 4.03. The van der Waals surface area contributed by atoms with Crippen LogP contribution < -0.4 is 5.43 Å². The fourth-order valence-electron chi connectivity index (χ4n) is 0.785. The third-order valence-electron chi connectivity index (χ3n) is 1.36. The van der Waals surface area contributed by atoms with E-state index in [1.807, 2.05) is 5.01 Å². The fourth-order valence-corrected chi connectivity index (χ4v) is 0.951. The molecule has 71 valence electrons. The molecule has 0 aliphatic carbocycles. The predicted molar refractivity (Wildman–Crippen MR) is 61.7 cm³/mol. The van der Waals surface area contributed by atoms with Crippen molar-refractivity contribution in [2.75, 3.05) is 13.1 Å². The minimum Gasteiger partial charge on any atom is -0.218 e. The van der Waals surface area contributed by atoms with E-state index in [4.69, 9.17) is 12.2 Å². The first-order valence-electron chi connectivity index (χ1n) is 4.03. The summed E-state index contributed by atoms with van der Waals surface area (Å²) in [7, 11) is 0. The van der Waals surface area contributed by atoms with Crippen LogP contribution in [0.1, 0.15) is 0 Å². The van der Waals surface area contributed by atoms with Gasteiger partial charge in [0.15, 0.2) is 0 Å². The highest BCUT2D eigenvalue weighted by Crippen LogP contribution is 1.91. The summed E-state index contributed by atoms with van der Waals surface area (Å²) in [5.41, 5.74) is 4.31. The molecule has 1 unspecified atom stereocenters. The highest BCUT2D eigenvalue weighted by atomic mass is 32.1. The van der Waals surface area contributed by atoms with Gasteiger partial charge in [-0.05, 0) is 0 Å². The molecule has 0 saturated heterocycles. The summed E-state index contributed by atoms with van der Waals surface area (Å²) in [5.74, 6) is 0. The van der Waals surface area contributed by atoms with Crippen LogP contribution in [-0.2, 0) is 0 Å². The maximum absolute atomic E-state index is 4.79. The molecule has 0 heterocycles. The van der Waals surface area contributed by atoms with Gasteiger partial charge in [0.2, 0.25) is 0 Å². The van der Waals surface area contributed by atoms with Crippen LogP contribution >= 0.6 is 12.2 Å². The molecular weight excluding hydrogens is 180 g/mol. The van der Waals surface area contributed by atoms with Crippen molar-refractivity contribution in [2.24, 2.45) is 0 Å². The predicted octanol–water partition coefficient (Wildman–Crippen LogP) is 1.73. The second-order valence-electron chi connectivity index (χ2n) is 2.43. The molecule has 0 amide bonds. The van der Waals surface area contributed by atoms with E-state index in [-0.39, 0.29) is 6.04 Å². The molecule has 0 aromatic rings. The maximum Gasteiger partial charge on any atom is 0.0879 e. The SMILES string of the molecule is C=CCN(CC=C)[N]C(C=C)C=S. The van der Waals surface area contributed by atoms with Gasteiger partial charge in [0.05, 0.1) is 6.04 Å². The third kappa shape index (κ3) is 5.47. The zero-order valence-electron chi connectivity index (χ0n) is 7.72. The Morgan fingerprint density at radius 2 is 1.77 bits per heavy atom. The van der Waals surface area contributed by atoms with Gasteiger partial charge in [-0.1, -0.05) is 30.4 Å². The fraction of sp³-hybridized carbons (Fsp3) is 0.300. The van der Waals surface area contributed by atoms with Crippen LogP contribution in [0.5, 0.6) is 0 Å². The number of hydrogen-bond donors (Lipinski definition) is 0. The van der Waals surface area contributed by atoms with Crippen molar-refractivity contribution in [3.8, 4) is 0 Å². The Morgan fingerprint density at radius 3 is 2.08 bits per heavy atom. The molecule has 2 nitrogen and oxygen atoms in total. The van der Waals surface area contributed by atoms with Crippen molar-refractivity contribution >= 4 is 17.6 Å². The third-order valence-corrected chi connectivity index (χ3v) is 1.64. The molecule has 0 aliphatic heterocycles.